The molecule has 0 aliphatic heterocycles. The lowest BCUT2D eigenvalue weighted by atomic mass is 10.2. The van der Waals surface area contributed by atoms with Crippen LogP contribution in [0.1, 0.15) is 33.6 Å². The largest absolute Gasteiger partial charge is 0.279 e. The molecule has 0 saturated carbocycles. The molecular formula is C9H21BrN2O2S. The van der Waals surface area contributed by atoms with Gasteiger partial charge in [-0.15, -0.1) is 0 Å². The second-order valence-corrected chi connectivity index (χ2v) is 6.52. The number of hydrogen-bond donors (Lipinski definition) is 1. The van der Waals surface area contributed by atoms with Crippen LogP contribution >= 0.6 is 15.9 Å². The molecule has 4 nitrogen and oxygen atoms in total. The van der Waals surface area contributed by atoms with Gasteiger partial charge in [0.25, 0.3) is 10.2 Å². The maximum absolute atomic E-state index is 11.7. The summed E-state index contributed by atoms with van der Waals surface area (Å²) in [4.78, 5) is 0. The van der Waals surface area contributed by atoms with Gasteiger partial charge in [-0.25, -0.2) is 0 Å². The average Bonchev–Trinajstić information content (AvgIpc) is 2.12. The topological polar surface area (TPSA) is 49.4 Å². The SMILES string of the molecule is CC(CCCBr)NS(=O)(=O)N(C)C(C)C. The highest BCUT2D eigenvalue weighted by Gasteiger charge is 2.21. The van der Waals surface area contributed by atoms with Gasteiger partial charge >= 0.3 is 0 Å². The Hall–Kier alpha value is 0.350. The molecule has 1 atom stereocenters. The van der Waals surface area contributed by atoms with Gasteiger partial charge in [0.15, 0.2) is 0 Å². The minimum Gasteiger partial charge on any atom is -0.199 e. The van der Waals surface area contributed by atoms with Crippen LogP contribution in [0.15, 0.2) is 0 Å². The molecular weight excluding hydrogens is 280 g/mol. The second kappa shape index (κ2) is 6.83. The van der Waals surface area contributed by atoms with Crippen LogP contribution < -0.4 is 4.72 Å². The van der Waals surface area contributed by atoms with Crippen LogP contribution in [-0.4, -0.2) is 37.2 Å². The van der Waals surface area contributed by atoms with Crippen LogP contribution in [0, 0.1) is 0 Å². The summed E-state index contributed by atoms with van der Waals surface area (Å²) in [6, 6.07) is -0.0420. The molecule has 0 aliphatic carbocycles. The molecule has 0 radical (unpaired) electrons. The Labute approximate surface area is 102 Å². The molecule has 15 heavy (non-hydrogen) atoms. The molecule has 92 valence electrons. The Morgan fingerprint density at radius 3 is 2.27 bits per heavy atom. The zero-order valence-corrected chi connectivity index (χ0v) is 12.2. The maximum Gasteiger partial charge on any atom is 0.279 e. The van der Waals surface area contributed by atoms with E-state index in [0.717, 1.165) is 18.2 Å². The van der Waals surface area contributed by atoms with E-state index in [9.17, 15) is 8.42 Å². The molecule has 0 aromatic rings. The fourth-order valence-electron chi connectivity index (χ4n) is 1.06. The van der Waals surface area contributed by atoms with Gasteiger partial charge < -0.3 is 0 Å². The van der Waals surface area contributed by atoms with Gasteiger partial charge in [0.1, 0.15) is 0 Å². The lowest BCUT2D eigenvalue weighted by molar-refractivity contribution is 0.395. The summed E-state index contributed by atoms with van der Waals surface area (Å²) in [5, 5.41) is 0.902. The minimum absolute atomic E-state index is 0.0197. The van der Waals surface area contributed by atoms with Crippen molar-refractivity contribution in [3.8, 4) is 0 Å². The van der Waals surface area contributed by atoms with E-state index < -0.39 is 10.2 Å². The molecule has 1 unspecified atom stereocenters. The fraction of sp³-hybridized carbons (Fsp3) is 1.00. The van der Waals surface area contributed by atoms with Gasteiger partial charge in [-0.2, -0.15) is 17.4 Å². The van der Waals surface area contributed by atoms with Gasteiger partial charge in [-0.05, 0) is 33.6 Å². The Balaban J connectivity index is 4.25. The highest BCUT2D eigenvalue weighted by Crippen LogP contribution is 2.05. The van der Waals surface area contributed by atoms with Crippen LogP contribution in [0.2, 0.25) is 0 Å². The molecule has 0 heterocycles. The predicted octanol–water partition coefficient (Wildman–Crippen LogP) is 1.72. The van der Waals surface area contributed by atoms with Crippen LogP contribution in [0.5, 0.6) is 0 Å². The molecule has 0 aliphatic rings. The third-order valence-corrected chi connectivity index (χ3v) is 4.67. The first-order valence-corrected chi connectivity index (χ1v) is 7.68. The van der Waals surface area contributed by atoms with Crippen molar-refractivity contribution in [3.63, 3.8) is 0 Å². The molecule has 1 N–H and O–H groups in total. The number of hydrogen-bond acceptors (Lipinski definition) is 2. The van der Waals surface area contributed by atoms with Crippen LogP contribution in [0.25, 0.3) is 0 Å². The van der Waals surface area contributed by atoms with E-state index in [4.69, 9.17) is 0 Å². The van der Waals surface area contributed by atoms with E-state index in [1.165, 1.54) is 4.31 Å². The fourth-order valence-corrected chi connectivity index (χ4v) is 2.73. The van der Waals surface area contributed by atoms with Crippen molar-refractivity contribution in [2.75, 3.05) is 12.4 Å². The molecule has 0 spiro atoms. The van der Waals surface area contributed by atoms with Crippen molar-refractivity contribution in [3.05, 3.63) is 0 Å². The predicted molar refractivity (Wildman–Crippen MR) is 67.4 cm³/mol. The Morgan fingerprint density at radius 2 is 1.87 bits per heavy atom. The number of alkyl halides is 1. The molecule has 6 heteroatoms. The maximum atomic E-state index is 11.7. The number of nitrogens with zero attached hydrogens (tertiary/aromatic N) is 1. The second-order valence-electron chi connectivity index (χ2n) is 3.97. The molecule has 0 saturated heterocycles. The molecule has 0 fully saturated rings. The zero-order valence-electron chi connectivity index (χ0n) is 9.83. The number of rotatable bonds is 7. The van der Waals surface area contributed by atoms with Crippen molar-refractivity contribution in [2.24, 2.45) is 0 Å². The highest BCUT2D eigenvalue weighted by atomic mass is 79.9. The number of nitrogens with one attached hydrogen (secondary N) is 1. The van der Waals surface area contributed by atoms with Gasteiger partial charge in [-0.3, -0.25) is 0 Å². The van der Waals surface area contributed by atoms with Crippen molar-refractivity contribution in [1.82, 2.24) is 9.03 Å². The Morgan fingerprint density at radius 1 is 1.33 bits per heavy atom. The Kier molecular flexibility index (Phi) is 6.99. The highest BCUT2D eigenvalue weighted by molar-refractivity contribution is 9.09. The van der Waals surface area contributed by atoms with E-state index in [-0.39, 0.29) is 12.1 Å². The van der Waals surface area contributed by atoms with E-state index in [0.29, 0.717) is 0 Å². The van der Waals surface area contributed by atoms with Gasteiger partial charge in [0.2, 0.25) is 0 Å². The Bertz CT molecular complexity index is 267. The summed E-state index contributed by atoms with van der Waals surface area (Å²) in [6.45, 7) is 5.58. The third kappa shape index (κ3) is 5.85. The standard InChI is InChI=1S/C9H21BrN2O2S/c1-8(2)12(4)15(13,14)11-9(3)6-5-7-10/h8-9,11H,5-7H2,1-4H3. The van der Waals surface area contributed by atoms with Crippen LogP contribution in [0.3, 0.4) is 0 Å². The van der Waals surface area contributed by atoms with E-state index in [1.807, 2.05) is 20.8 Å². The quantitative estimate of drug-likeness (QED) is 0.728. The summed E-state index contributed by atoms with van der Waals surface area (Å²) in [6.07, 6.45) is 1.81. The smallest absolute Gasteiger partial charge is 0.199 e. The molecule has 0 rings (SSSR count). The minimum atomic E-state index is -3.32. The van der Waals surface area contributed by atoms with Gasteiger partial charge in [-0.1, -0.05) is 15.9 Å². The first-order valence-electron chi connectivity index (χ1n) is 5.12. The van der Waals surface area contributed by atoms with E-state index in [2.05, 4.69) is 20.7 Å². The molecule has 0 aromatic carbocycles. The molecule has 0 bridgehead atoms. The normalized spacial score (nSPS) is 14.9. The van der Waals surface area contributed by atoms with Crippen LogP contribution in [0.4, 0.5) is 0 Å². The molecule has 0 aromatic heterocycles. The van der Waals surface area contributed by atoms with Crippen molar-refractivity contribution < 1.29 is 8.42 Å². The third-order valence-electron chi connectivity index (χ3n) is 2.23. The van der Waals surface area contributed by atoms with Crippen LogP contribution in [-0.2, 0) is 10.2 Å². The van der Waals surface area contributed by atoms with Crippen molar-refractivity contribution >= 4 is 26.1 Å². The average molecular weight is 301 g/mol. The number of halogens is 1. The lowest BCUT2D eigenvalue weighted by Crippen LogP contribution is -2.45. The summed E-state index contributed by atoms with van der Waals surface area (Å²) in [7, 11) is -1.73. The summed E-state index contributed by atoms with van der Waals surface area (Å²) < 4.78 is 27.5. The first-order chi connectivity index (χ1) is 6.81. The van der Waals surface area contributed by atoms with E-state index in [1.54, 1.807) is 7.05 Å². The molecule has 0 amide bonds. The lowest BCUT2D eigenvalue weighted by Gasteiger charge is -2.23. The summed E-state index contributed by atoms with van der Waals surface area (Å²) in [5.74, 6) is 0. The van der Waals surface area contributed by atoms with E-state index >= 15 is 0 Å². The van der Waals surface area contributed by atoms with Crippen molar-refractivity contribution in [2.45, 2.75) is 45.7 Å². The van der Waals surface area contributed by atoms with Crippen molar-refractivity contribution in [1.29, 1.82) is 0 Å². The summed E-state index contributed by atoms with van der Waals surface area (Å²) in [5.41, 5.74) is 0. The van der Waals surface area contributed by atoms with Gasteiger partial charge in [0.05, 0.1) is 0 Å². The monoisotopic (exact) mass is 300 g/mol. The first kappa shape index (κ1) is 15.3. The zero-order chi connectivity index (χ0) is 12.1. The van der Waals surface area contributed by atoms with Gasteiger partial charge in [0, 0.05) is 24.5 Å². The summed E-state index contributed by atoms with van der Waals surface area (Å²) >= 11 is 3.32.